The number of nitrogens with zero attached hydrogens (tertiary/aromatic N) is 2. The van der Waals surface area contributed by atoms with Crippen LogP contribution in [-0.2, 0) is 12.8 Å². The predicted octanol–water partition coefficient (Wildman–Crippen LogP) is 4.35. The second-order valence-corrected chi connectivity index (χ2v) is 5.74. The number of hydrogen-bond acceptors (Lipinski definition) is 2. The fraction of sp³-hybridized carbons (Fsp3) is 0.500. The molecule has 0 saturated carbocycles. The van der Waals surface area contributed by atoms with Crippen LogP contribution in [-0.4, -0.2) is 18.1 Å². The number of benzene rings is 1. The van der Waals surface area contributed by atoms with Gasteiger partial charge >= 0.3 is 0 Å². The monoisotopic (exact) mass is 268 g/mol. The third-order valence-electron chi connectivity index (χ3n) is 4.19. The number of hydrogen-bond donors (Lipinski definition) is 0. The van der Waals surface area contributed by atoms with Gasteiger partial charge in [-0.2, -0.15) is 0 Å². The van der Waals surface area contributed by atoms with E-state index in [4.69, 9.17) is 4.98 Å². The number of fused-ring (bicyclic) bond motifs is 2. The van der Waals surface area contributed by atoms with Crippen molar-refractivity contribution in [1.82, 2.24) is 4.98 Å². The number of anilines is 1. The van der Waals surface area contributed by atoms with Crippen LogP contribution in [0.1, 0.15) is 44.4 Å². The standard InChI is InChI=1S/C18H24N2/c1-3-12-20(13-4-2)18-14-8-5-6-10-16(14)19-17-11-7-9-15(17)18/h5-6,8,10H,3-4,7,9,11-13H2,1-2H3. The van der Waals surface area contributed by atoms with E-state index in [1.165, 1.54) is 53.5 Å². The molecule has 0 amide bonds. The van der Waals surface area contributed by atoms with Crippen molar-refractivity contribution in [1.29, 1.82) is 0 Å². The minimum atomic E-state index is 1.15. The van der Waals surface area contributed by atoms with Gasteiger partial charge in [0.1, 0.15) is 0 Å². The third-order valence-corrected chi connectivity index (χ3v) is 4.19. The fourth-order valence-corrected chi connectivity index (χ4v) is 3.42. The van der Waals surface area contributed by atoms with Crippen molar-refractivity contribution in [3.05, 3.63) is 35.5 Å². The van der Waals surface area contributed by atoms with Gasteiger partial charge < -0.3 is 4.90 Å². The van der Waals surface area contributed by atoms with E-state index in [0.717, 1.165) is 19.5 Å². The van der Waals surface area contributed by atoms with E-state index in [2.05, 4.69) is 43.0 Å². The van der Waals surface area contributed by atoms with E-state index in [1.54, 1.807) is 0 Å². The normalized spacial score (nSPS) is 13.7. The van der Waals surface area contributed by atoms with Crippen LogP contribution < -0.4 is 4.90 Å². The summed E-state index contributed by atoms with van der Waals surface area (Å²) in [7, 11) is 0. The van der Waals surface area contributed by atoms with Crippen molar-refractivity contribution in [3.63, 3.8) is 0 Å². The van der Waals surface area contributed by atoms with Gasteiger partial charge in [-0.3, -0.25) is 4.98 Å². The molecule has 1 aliphatic rings. The average Bonchev–Trinajstić information content (AvgIpc) is 2.92. The van der Waals surface area contributed by atoms with E-state index in [0.29, 0.717) is 0 Å². The Bertz CT molecular complexity index is 598. The Morgan fingerprint density at radius 2 is 1.80 bits per heavy atom. The molecule has 2 nitrogen and oxygen atoms in total. The summed E-state index contributed by atoms with van der Waals surface area (Å²) in [5.41, 5.74) is 5.51. The van der Waals surface area contributed by atoms with E-state index in [9.17, 15) is 0 Å². The van der Waals surface area contributed by atoms with Crippen molar-refractivity contribution in [2.45, 2.75) is 46.0 Å². The van der Waals surface area contributed by atoms with E-state index in [1.807, 2.05) is 0 Å². The van der Waals surface area contributed by atoms with Crippen molar-refractivity contribution in [2.24, 2.45) is 0 Å². The zero-order valence-corrected chi connectivity index (χ0v) is 12.7. The first-order valence-electron chi connectivity index (χ1n) is 8.00. The molecule has 2 heteroatoms. The highest BCUT2D eigenvalue weighted by molar-refractivity contribution is 5.94. The van der Waals surface area contributed by atoms with Gasteiger partial charge in [-0.1, -0.05) is 32.0 Å². The lowest BCUT2D eigenvalue weighted by Crippen LogP contribution is -2.26. The number of pyridine rings is 1. The maximum atomic E-state index is 4.89. The predicted molar refractivity (Wildman–Crippen MR) is 86.6 cm³/mol. The largest absolute Gasteiger partial charge is 0.371 e. The van der Waals surface area contributed by atoms with Gasteiger partial charge in [0.25, 0.3) is 0 Å². The summed E-state index contributed by atoms with van der Waals surface area (Å²) in [5.74, 6) is 0. The molecule has 0 saturated heterocycles. The maximum absolute atomic E-state index is 4.89. The molecule has 0 atom stereocenters. The fourth-order valence-electron chi connectivity index (χ4n) is 3.42. The van der Waals surface area contributed by atoms with Crippen LogP contribution in [0.5, 0.6) is 0 Å². The Kier molecular flexibility index (Phi) is 3.90. The van der Waals surface area contributed by atoms with Crippen molar-refractivity contribution < 1.29 is 0 Å². The Labute approximate surface area is 121 Å². The molecule has 20 heavy (non-hydrogen) atoms. The quantitative estimate of drug-likeness (QED) is 0.801. The highest BCUT2D eigenvalue weighted by atomic mass is 15.1. The summed E-state index contributed by atoms with van der Waals surface area (Å²) < 4.78 is 0. The highest BCUT2D eigenvalue weighted by Crippen LogP contribution is 2.36. The molecule has 1 aromatic carbocycles. The molecule has 0 bridgehead atoms. The first kappa shape index (κ1) is 13.4. The molecule has 3 rings (SSSR count). The van der Waals surface area contributed by atoms with Gasteiger partial charge in [0, 0.05) is 24.2 Å². The van der Waals surface area contributed by atoms with Crippen LogP contribution in [0, 0.1) is 0 Å². The second kappa shape index (κ2) is 5.82. The van der Waals surface area contributed by atoms with Gasteiger partial charge in [-0.25, -0.2) is 0 Å². The molecule has 1 aromatic heterocycles. The van der Waals surface area contributed by atoms with Crippen molar-refractivity contribution in [2.75, 3.05) is 18.0 Å². The summed E-state index contributed by atoms with van der Waals surface area (Å²) in [6.07, 6.45) is 6.01. The first-order chi connectivity index (χ1) is 9.85. The van der Waals surface area contributed by atoms with Crippen LogP contribution in [0.25, 0.3) is 10.9 Å². The van der Waals surface area contributed by atoms with Crippen LogP contribution >= 0.6 is 0 Å². The first-order valence-corrected chi connectivity index (χ1v) is 8.00. The molecule has 0 spiro atoms. The lowest BCUT2D eigenvalue weighted by atomic mass is 10.0. The van der Waals surface area contributed by atoms with Crippen LogP contribution in [0.4, 0.5) is 5.69 Å². The van der Waals surface area contributed by atoms with Gasteiger partial charge in [-0.05, 0) is 43.7 Å². The van der Waals surface area contributed by atoms with Crippen LogP contribution in [0.2, 0.25) is 0 Å². The average molecular weight is 268 g/mol. The third kappa shape index (κ3) is 2.28. The molecule has 2 aromatic rings. The van der Waals surface area contributed by atoms with Gasteiger partial charge in [0.2, 0.25) is 0 Å². The Morgan fingerprint density at radius 1 is 1.05 bits per heavy atom. The van der Waals surface area contributed by atoms with E-state index >= 15 is 0 Å². The Balaban J connectivity index is 2.20. The van der Waals surface area contributed by atoms with Crippen molar-refractivity contribution >= 4 is 16.6 Å². The molecule has 1 heterocycles. The molecule has 0 fully saturated rings. The SMILES string of the molecule is CCCN(CCC)c1c2c(nc3ccccc13)CCC2. The van der Waals surface area contributed by atoms with Gasteiger partial charge in [0.05, 0.1) is 11.2 Å². The molecule has 0 unspecified atom stereocenters. The molecule has 0 radical (unpaired) electrons. The second-order valence-electron chi connectivity index (χ2n) is 5.74. The summed E-state index contributed by atoms with van der Waals surface area (Å²) in [6.45, 7) is 6.83. The van der Waals surface area contributed by atoms with Crippen molar-refractivity contribution in [3.8, 4) is 0 Å². The highest BCUT2D eigenvalue weighted by Gasteiger charge is 2.22. The minimum Gasteiger partial charge on any atom is -0.371 e. The molecular weight excluding hydrogens is 244 g/mol. The smallest absolute Gasteiger partial charge is 0.0726 e. The summed E-state index contributed by atoms with van der Waals surface area (Å²) in [6, 6.07) is 8.65. The molecule has 106 valence electrons. The zero-order valence-electron chi connectivity index (χ0n) is 12.7. The molecule has 0 aliphatic heterocycles. The number of aromatic nitrogens is 1. The zero-order chi connectivity index (χ0) is 13.9. The maximum Gasteiger partial charge on any atom is 0.0726 e. The Hall–Kier alpha value is -1.57. The van der Waals surface area contributed by atoms with Gasteiger partial charge in [0.15, 0.2) is 0 Å². The topological polar surface area (TPSA) is 16.1 Å². The number of rotatable bonds is 5. The summed E-state index contributed by atoms with van der Waals surface area (Å²) >= 11 is 0. The van der Waals surface area contributed by atoms with E-state index in [-0.39, 0.29) is 0 Å². The van der Waals surface area contributed by atoms with Crippen LogP contribution in [0.15, 0.2) is 24.3 Å². The lowest BCUT2D eigenvalue weighted by Gasteiger charge is -2.27. The summed E-state index contributed by atoms with van der Waals surface area (Å²) in [5, 5.41) is 1.34. The number of aryl methyl sites for hydroxylation is 1. The van der Waals surface area contributed by atoms with Gasteiger partial charge in [-0.15, -0.1) is 0 Å². The summed E-state index contributed by atoms with van der Waals surface area (Å²) in [4.78, 5) is 7.48. The number of para-hydroxylation sites is 1. The minimum absolute atomic E-state index is 1.15. The van der Waals surface area contributed by atoms with E-state index < -0.39 is 0 Å². The molecule has 0 N–H and O–H groups in total. The lowest BCUT2D eigenvalue weighted by molar-refractivity contribution is 0.743. The molecular formula is C18H24N2. The molecule has 1 aliphatic carbocycles. The Morgan fingerprint density at radius 3 is 2.55 bits per heavy atom. The van der Waals surface area contributed by atoms with Crippen LogP contribution in [0.3, 0.4) is 0 Å².